The fourth-order valence-electron chi connectivity index (χ4n) is 3.20. The van der Waals surface area contributed by atoms with Crippen molar-refractivity contribution in [1.82, 2.24) is 0 Å². The molecule has 3 atom stereocenters. The van der Waals surface area contributed by atoms with Crippen molar-refractivity contribution in [3.05, 3.63) is 65.2 Å². The lowest BCUT2D eigenvalue weighted by Crippen LogP contribution is -2.45. The molecule has 1 aromatic rings. The molecule has 3 rings (SSSR count). The Labute approximate surface area is 162 Å². The van der Waals surface area contributed by atoms with Crippen LogP contribution in [0.1, 0.15) is 20.3 Å². The van der Waals surface area contributed by atoms with Gasteiger partial charge >= 0.3 is 12.3 Å². The fraction of sp³-hybridized carbons (Fsp3) is 0.300. The second-order valence-corrected chi connectivity index (χ2v) is 6.33. The van der Waals surface area contributed by atoms with Crippen LogP contribution in [0.5, 0.6) is 0 Å². The Hall–Kier alpha value is -2.75. The van der Waals surface area contributed by atoms with Gasteiger partial charge in [0.15, 0.2) is 0 Å². The molecule has 0 saturated carbocycles. The minimum absolute atomic E-state index is 0.120. The molecule has 6 nitrogen and oxygen atoms in total. The molecule has 142 valence electrons. The first-order chi connectivity index (χ1) is 12.9. The summed E-state index contributed by atoms with van der Waals surface area (Å²) in [6.07, 6.45) is 7.74. The molecule has 0 aliphatic carbocycles. The van der Waals surface area contributed by atoms with Crippen molar-refractivity contribution in [2.45, 2.75) is 38.0 Å². The minimum Gasteiger partial charge on any atom is -0.378 e. The summed E-state index contributed by atoms with van der Waals surface area (Å²) in [6.45, 7) is 8.21. The van der Waals surface area contributed by atoms with Crippen LogP contribution >= 0.6 is 11.6 Å². The van der Waals surface area contributed by atoms with Gasteiger partial charge < -0.3 is 10.1 Å². The molecule has 2 bridgehead atoms. The molecule has 2 unspecified atom stereocenters. The fourth-order valence-corrected chi connectivity index (χ4v) is 3.33. The smallest absolute Gasteiger partial charge is 0.373 e. The van der Waals surface area contributed by atoms with Gasteiger partial charge in [0.05, 0.1) is 12.1 Å². The van der Waals surface area contributed by atoms with E-state index in [9.17, 15) is 0 Å². The third-order valence-corrected chi connectivity index (χ3v) is 4.80. The summed E-state index contributed by atoms with van der Waals surface area (Å²) in [7, 11) is 0. The number of benzene rings is 1. The number of halogens is 1. The van der Waals surface area contributed by atoms with E-state index in [0.717, 1.165) is 17.1 Å². The molecule has 0 fully saturated rings. The van der Waals surface area contributed by atoms with Gasteiger partial charge in [0.2, 0.25) is 0 Å². The Morgan fingerprint density at radius 3 is 2.22 bits per heavy atom. The molecule has 0 saturated heterocycles. The monoisotopic (exact) mass is 389 g/mol. The molecule has 2 aliphatic heterocycles. The summed E-state index contributed by atoms with van der Waals surface area (Å²) in [5.41, 5.74) is 3.31. The first kappa shape index (κ1) is 22.3. The number of ether oxygens (including phenoxy) is 1. The van der Waals surface area contributed by atoms with Crippen LogP contribution in [0.3, 0.4) is 0 Å². The molecule has 7 heteroatoms. The standard InChI is InChI=1S/C18H20ClNO.2CO2/c1-4-5-17(20-15-8-6-14(19)7-9-15)18-11-10-16(21-18)12(2)13(18)3;2*2-1-3/h4,6-11,16-17,20H,1,5H2,2-3H3;;/t16?,17-,18?;;/m1../s1. The van der Waals surface area contributed by atoms with E-state index < -0.39 is 0 Å². The van der Waals surface area contributed by atoms with E-state index in [0.29, 0.717) is 0 Å². The van der Waals surface area contributed by atoms with Crippen LogP contribution in [0.2, 0.25) is 5.02 Å². The summed E-state index contributed by atoms with van der Waals surface area (Å²) < 4.78 is 6.27. The van der Waals surface area contributed by atoms with E-state index in [4.69, 9.17) is 35.5 Å². The number of hydrogen-bond acceptors (Lipinski definition) is 6. The molecular weight excluding hydrogens is 370 g/mol. The van der Waals surface area contributed by atoms with Gasteiger partial charge in [0.25, 0.3) is 0 Å². The Bertz CT molecular complexity index is 775. The highest BCUT2D eigenvalue weighted by Crippen LogP contribution is 2.46. The number of rotatable bonds is 5. The Morgan fingerprint density at radius 2 is 1.78 bits per heavy atom. The quantitative estimate of drug-likeness (QED) is 0.774. The molecule has 27 heavy (non-hydrogen) atoms. The predicted octanol–water partition coefficient (Wildman–Crippen LogP) is 3.57. The van der Waals surface area contributed by atoms with Gasteiger partial charge in [-0.05, 0) is 61.8 Å². The molecule has 1 N–H and O–H groups in total. The van der Waals surface area contributed by atoms with Crippen molar-refractivity contribution in [3.8, 4) is 0 Å². The van der Waals surface area contributed by atoms with Crippen LogP contribution in [0.25, 0.3) is 0 Å². The third-order valence-electron chi connectivity index (χ3n) is 4.55. The zero-order valence-corrected chi connectivity index (χ0v) is 15.8. The zero-order valence-electron chi connectivity index (χ0n) is 15.0. The summed E-state index contributed by atoms with van der Waals surface area (Å²) in [5.74, 6) is 0. The van der Waals surface area contributed by atoms with Crippen molar-refractivity contribution < 1.29 is 23.9 Å². The number of nitrogens with one attached hydrogen (secondary N) is 1. The SMILES string of the molecule is C=CC[C@@H](Nc1ccc(Cl)cc1)C12C=CC(O1)C(C)=C2C.O=C=O.O=C=O. The summed E-state index contributed by atoms with van der Waals surface area (Å²) in [6, 6.07) is 7.89. The van der Waals surface area contributed by atoms with Gasteiger partial charge in [-0.25, -0.2) is 0 Å². The molecule has 2 heterocycles. The maximum Gasteiger partial charge on any atom is 0.373 e. The topological polar surface area (TPSA) is 89.5 Å². The second-order valence-electron chi connectivity index (χ2n) is 5.89. The van der Waals surface area contributed by atoms with Gasteiger partial charge in [0.1, 0.15) is 5.60 Å². The van der Waals surface area contributed by atoms with Crippen molar-refractivity contribution in [2.24, 2.45) is 0 Å². The first-order valence-electron chi connectivity index (χ1n) is 8.06. The average molecular weight is 390 g/mol. The van der Waals surface area contributed by atoms with Crippen LogP contribution in [0.4, 0.5) is 5.69 Å². The highest BCUT2D eigenvalue weighted by atomic mass is 35.5. The van der Waals surface area contributed by atoms with Crippen LogP contribution in [-0.2, 0) is 23.9 Å². The molecule has 0 aromatic heterocycles. The van der Waals surface area contributed by atoms with Crippen molar-refractivity contribution >= 4 is 29.6 Å². The van der Waals surface area contributed by atoms with E-state index in [-0.39, 0.29) is 30.0 Å². The van der Waals surface area contributed by atoms with Gasteiger partial charge in [-0.3, -0.25) is 0 Å². The van der Waals surface area contributed by atoms with Gasteiger partial charge in [-0.2, -0.15) is 19.2 Å². The Morgan fingerprint density at radius 1 is 1.22 bits per heavy atom. The maximum absolute atomic E-state index is 8.12. The van der Waals surface area contributed by atoms with Crippen LogP contribution in [-0.4, -0.2) is 30.0 Å². The van der Waals surface area contributed by atoms with Crippen LogP contribution in [0.15, 0.2) is 60.2 Å². The number of hydrogen-bond donors (Lipinski definition) is 1. The molecule has 0 amide bonds. The van der Waals surface area contributed by atoms with E-state index in [1.165, 1.54) is 11.1 Å². The number of anilines is 1. The van der Waals surface area contributed by atoms with E-state index in [1.54, 1.807) is 0 Å². The number of carbonyl (C=O) groups excluding carboxylic acids is 4. The molecule has 1 aromatic carbocycles. The molecule has 2 aliphatic rings. The van der Waals surface area contributed by atoms with E-state index in [1.807, 2.05) is 30.3 Å². The van der Waals surface area contributed by atoms with E-state index in [2.05, 4.69) is 37.9 Å². The molecule has 0 spiro atoms. The third kappa shape index (κ3) is 5.13. The predicted molar refractivity (Wildman–Crippen MR) is 98.8 cm³/mol. The maximum atomic E-state index is 8.12. The van der Waals surface area contributed by atoms with Crippen LogP contribution in [0, 0.1) is 0 Å². The summed E-state index contributed by atoms with van der Waals surface area (Å²) in [5, 5.41) is 4.32. The number of fused-ring (bicyclic) bond motifs is 2. The average Bonchev–Trinajstić information content (AvgIpc) is 3.18. The zero-order chi connectivity index (χ0) is 20.4. The molecule has 0 radical (unpaired) electrons. The normalized spacial score (nSPS) is 22.4. The second kappa shape index (κ2) is 10.4. The lowest BCUT2D eigenvalue weighted by molar-refractivity contribution is -0.193. The summed E-state index contributed by atoms with van der Waals surface area (Å²) >= 11 is 5.95. The lowest BCUT2D eigenvalue weighted by Gasteiger charge is -2.35. The van der Waals surface area contributed by atoms with Gasteiger partial charge in [-0.1, -0.05) is 23.8 Å². The van der Waals surface area contributed by atoms with Crippen molar-refractivity contribution in [1.29, 1.82) is 0 Å². The molecular formula is C20H20ClNO5. The first-order valence-corrected chi connectivity index (χ1v) is 8.44. The van der Waals surface area contributed by atoms with E-state index >= 15 is 0 Å². The van der Waals surface area contributed by atoms with Crippen molar-refractivity contribution in [2.75, 3.05) is 5.32 Å². The Balaban J connectivity index is 0.000000540. The van der Waals surface area contributed by atoms with Gasteiger partial charge in [-0.15, -0.1) is 6.58 Å². The largest absolute Gasteiger partial charge is 0.378 e. The van der Waals surface area contributed by atoms with Crippen molar-refractivity contribution in [3.63, 3.8) is 0 Å². The Kier molecular flexibility index (Phi) is 8.60. The van der Waals surface area contributed by atoms with Crippen LogP contribution < -0.4 is 5.32 Å². The highest BCUT2D eigenvalue weighted by Gasteiger charge is 2.50. The highest BCUT2D eigenvalue weighted by molar-refractivity contribution is 6.30. The lowest BCUT2D eigenvalue weighted by atomic mass is 9.81. The summed E-state index contributed by atoms with van der Waals surface area (Å²) in [4.78, 5) is 32.5. The van der Waals surface area contributed by atoms with Gasteiger partial charge in [0, 0.05) is 10.7 Å². The minimum atomic E-state index is -0.359.